The molecule has 0 saturated carbocycles. The van der Waals surface area contributed by atoms with Gasteiger partial charge in [0.05, 0.1) is 24.0 Å². The molecule has 0 saturated heterocycles. The van der Waals surface area contributed by atoms with Crippen LogP contribution >= 0.6 is 0 Å². The standard InChI is InChI=1S/C18H30O6/c1-8-13(9-19)10-22-11-14(24-16(21)18(5,6)7)12-23-15(20)17(2,3)4/h14H,8,10-12H2,1-7H3. The van der Waals surface area contributed by atoms with Crippen LogP contribution < -0.4 is 0 Å². The smallest absolute Gasteiger partial charge is 0.311 e. The quantitative estimate of drug-likeness (QED) is 0.498. The van der Waals surface area contributed by atoms with E-state index in [-0.39, 0.29) is 25.8 Å². The van der Waals surface area contributed by atoms with E-state index >= 15 is 0 Å². The van der Waals surface area contributed by atoms with Gasteiger partial charge < -0.3 is 14.2 Å². The van der Waals surface area contributed by atoms with Crippen molar-refractivity contribution in [2.24, 2.45) is 10.8 Å². The lowest BCUT2D eigenvalue weighted by molar-refractivity contribution is -0.172. The van der Waals surface area contributed by atoms with Gasteiger partial charge in [-0.25, -0.2) is 4.79 Å². The zero-order valence-electron chi connectivity index (χ0n) is 15.9. The van der Waals surface area contributed by atoms with E-state index in [4.69, 9.17) is 14.2 Å². The molecule has 6 nitrogen and oxygen atoms in total. The van der Waals surface area contributed by atoms with Crippen LogP contribution in [-0.4, -0.2) is 43.8 Å². The molecule has 0 aromatic carbocycles. The van der Waals surface area contributed by atoms with Crippen LogP contribution in [0.15, 0.2) is 5.57 Å². The Morgan fingerprint density at radius 1 is 0.958 bits per heavy atom. The van der Waals surface area contributed by atoms with Gasteiger partial charge >= 0.3 is 11.9 Å². The van der Waals surface area contributed by atoms with Gasteiger partial charge in [-0.15, -0.1) is 0 Å². The first-order valence-corrected chi connectivity index (χ1v) is 8.10. The first-order chi connectivity index (χ1) is 10.9. The maximum absolute atomic E-state index is 12.0. The summed E-state index contributed by atoms with van der Waals surface area (Å²) in [6.07, 6.45) is -0.192. The molecule has 0 spiro atoms. The molecule has 0 aromatic rings. The fraction of sp³-hybridized carbons (Fsp3) is 0.778. The van der Waals surface area contributed by atoms with Crippen molar-refractivity contribution < 1.29 is 28.6 Å². The third-order valence-electron chi connectivity index (χ3n) is 3.05. The highest BCUT2D eigenvalue weighted by molar-refractivity contribution is 5.76. The van der Waals surface area contributed by atoms with Crippen LogP contribution in [0.3, 0.4) is 0 Å². The van der Waals surface area contributed by atoms with Gasteiger partial charge in [0.25, 0.3) is 0 Å². The van der Waals surface area contributed by atoms with Gasteiger partial charge in [-0.3, -0.25) is 9.59 Å². The maximum Gasteiger partial charge on any atom is 0.311 e. The number of rotatable bonds is 8. The molecule has 0 N–H and O–H groups in total. The van der Waals surface area contributed by atoms with Gasteiger partial charge in [0.15, 0.2) is 6.10 Å². The van der Waals surface area contributed by atoms with Crippen molar-refractivity contribution >= 4 is 17.9 Å². The summed E-state index contributed by atoms with van der Waals surface area (Å²) in [5, 5.41) is 0. The van der Waals surface area contributed by atoms with Gasteiger partial charge in [0.1, 0.15) is 12.5 Å². The Kier molecular flexibility index (Phi) is 8.94. The molecule has 0 aliphatic rings. The predicted octanol–water partition coefficient (Wildman–Crippen LogP) is 2.72. The molecule has 0 amide bonds. The fourth-order valence-corrected chi connectivity index (χ4v) is 1.35. The Morgan fingerprint density at radius 3 is 1.92 bits per heavy atom. The van der Waals surface area contributed by atoms with E-state index in [1.165, 1.54) is 0 Å². The second kappa shape index (κ2) is 9.60. The lowest BCUT2D eigenvalue weighted by Crippen LogP contribution is -2.36. The first-order valence-electron chi connectivity index (χ1n) is 8.10. The van der Waals surface area contributed by atoms with E-state index in [1.54, 1.807) is 41.5 Å². The summed E-state index contributed by atoms with van der Waals surface area (Å²) in [5.41, 5.74) is -0.832. The average molecular weight is 342 g/mol. The molecule has 0 heterocycles. The highest BCUT2D eigenvalue weighted by Gasteiger charge is 2.29. The van der Waals surface area contributed by atoms with Crippen molar-refractivity contribution in [2.75, 3.05) is 19.8 Å². The van der Waals surface area contributed by atoms with Gasteiger partial charge in [0, 0.05) is 5.57 Å². The number of hydrogen-bond acceptors (Lipinski definition) is 6. The summed E-state index contributed by atoms with van der Waals surface area (Å²) < 4.78 is 16.0. The molecule has 1 unspecified atom stereocenters. The lowest BCUT2D eigenvalue weighted by atomic mass is 9.97. The minimum Gasteiger partial charge on any atom is -0.461 e. The SMILES string of the molecule is CCC(=C=O)COCC(COC(=O)C(C)(C)C)OC(=O)C(C)(C)C. The first kappa shape index (κ1) is 22.4. The monoisotopic (exact) mass is 342 g/mol. The molecule has 0 rings (SSSR count). The Bertz CT molecular complexity index is 475. The molecule has 24 heavy (non-hydrogen) atoms. The van der Waals surface area contributed by atoms with Gasteiger partial charge in [0.2, 0.25) is 0 Å². The third-order valence-corrected chi connectivity index (χ3v) is 3.05. The zero-order chi connectivity index (χ0) is 19.0. The van der Waals surface area contributed by atoms with E-state index in [0.717, 1.165) is 0 Å². The number of hydrogen-bond donors (Lipinski definition) is 0. The molecule has 0 aliphatic heterocycles. The Hall–Kier alpha value is -1.65. The normalized spacial score (nSPS) is 13.0. The molecule has 1 atom stereocenters. The molecule has 0 aromatic heterocycles. The van der Waals surface area contributed by atoms with E-state index in [9.17, 15) is 14.4 Å². The summed E-state index contributed by atoms with van der Waals surface area (Å²) in [6.45, 7) is 12.3. The highest BCUT2D eigenvalue weighted by Crippen LogP contribution is 2.18. The molecular weight excluding hydrogens is 312 g/mol. The Morgan fingerprint density at radius 2 is 1.50 bits per heavy atom. The zero-order valence-corrected chi connectivity index (χ0v) is 15.9. The topological polar surface area (TPSA) is 78.9 Å². The summed E-state index contributed by atoms with van der Waals surface area (Å²) in [4.78, 5) is 34.6. The Labute approximate surface area is 144 Å². The molecule has 0 aliphatic carbocycles. The lowest BCUT2D eigenvalue weighted by Gasteiger charge is -2.24. The van der Waals surface area contributed by atoms with E-state index < -0.39 is 22.9 Å². The van der Waals surface area contributed by atoms with Crippen molar-refractivity contribution in [1.29, 1.82) is 0 Å². The average Bonchev–Trinajstić information content (AvgIpc) is 2.46. The van der Waals surface area contributed by atoms with Crippen molar-refractivity contribution in [1.82, 2.24) is 0 Å². The number of esters is 2. The minimum absolute atomic E-state index is 0.0322. The molecular formula is C18H30O6. The second-order valence-corrected chi connectivity index (χ2v) is 7.70. The van der Waals surface area contributed by atoms with Crippen molar-refractivity contribution in [3.8, 4) is 0 Å². The number of carbonyl (C=O) groups is 2. The van der Waals surface area contributed by atoms with Gasteiger partial charge in [-0.2, -0.15) is 0 Å². The predicted molar refractivity (Wildman–Crippen MR) is 90.1 cm³/mol. The van der Waals surface area contributed by atoms with Crippen LogP contribution in [-0.2, 0) is 28.6 Å². The molecule has 0 bridgehead atoms. The van der Waals surface area contributed by atoms with Gasteiger partial charge in [-0.1, -0.05) is 6.92 Å². The van der Waals surface area contributed by atoms with Crippen LogP contribution in [0.2, 0.25) is 0 Å². The van der Waals surface area contributed by atoms with E-state index in [2.05, 4.69) is 0 Å². The molecule has 0 fully saturated rings. The van der Waals surface area contributed by atoms with Crippen LogP contribution in [0.1, 0.15) is 54.9 Å². The molecule has 138 valence electrons. The maximum atomic E-state index is 12.0. The Balaban J connectivity index is 4.74. The van der Waals surface area contributed by atoms with E-state index in [1.807, 2.05) is 12.9 Å². The van der Waals surface area contributed by atoms with Gasteiger partial charge in [-0.05, 0) is 48.0 Å². The van der Waals surface area contributed by atoms with Crippen molar-refractivity contribution in [2.45, 2.75) is 61.0 Å². The largest absolute Gasteiger partial charge is 0.461 e. The third kappa shape index (κ3) is 8.85. The molecule has 0 radical (unpaired) electrons. The second-order valence-electron chi connectivity index (χ2n) is 7.70. The van der Waals surface area contributed by atoms with Crippen molar-refractivity contribution in [3.63, 3.8) is 0 Å². The highest BCUT2D eigenvalue weighted by atomic mass is 16.6. The number of carbonyl (C=O) groups excluding carboxylic acids is 3. The minimum atomic E-state index is -0.729. The van der Waals surface area contributed by atoms with Crippen molar-refractivity contribution in [3.05, 3.63) is 5.57 Å². The molecule has 6 heteroatoms. The summed E-state index contributed by atoms with van der Waals surface area (Å²) in [5.74, 6) is 1.01. The van der Waals surface area contributed by atoms with Crippen LogP contribution in [0.25, 0.3) is 0 Å². The summed E-state index contributed by atoms with van der Waals surface area (Å²) >= 11 is 0. The summed E-state index contributed by atoms with van der Waals surface area (Å²) in [7, 11) is 0. The summed E-state index contributed by atoms with van der Waals surface area (Å²) in [6, 6.07) is 0. The van der Waals surface area contributed by atoms with E-state index in [0.29, 0.717) is 12.0 Å². The van der Waals surface area contributed by atoms with Crippen LogP contribution in [0.5, 0.6) is 0 Å². The van der Waals surface area contributed by atoms with Crippen LogP contribution in [0, 0.1) is 10.8 Å². The number of ether oxygens (including phenoxy) is 3. The fourth-order valence-electron chi connectivity index (χ4n) is 1.35. The van der Waals surface area contributed by atoms with Crippen LogP contribution in [0.4, 0.5) is 0 Å².